The van der Waals surface area contributed by atoms with E-state index in [9.17, 15) is 18.0 Å². The van der Waals surface area contributed by atoms with Gasteiger partial charge in [-0.1, -0.05) is 30.3 Å². The summed E-state index contributed by atoms with van der Waals surface area (Å²) in [6.45, 7) is -0.239. The fourth-order valence-electron chi connectivity index (χ4n) is 2.04. The highest BCUT2D eigenvalue weighted by Gasteiger charge is 2.32. The van der Waals surface area contributed by atoms with Gasteiger partial charge in [-0.3, -0.25) is 0 Å². The van der Waals surface area contributed by atoms with Crippen LogP contribution in [0.15, 0.2) is 48.5 Å². The molecule has 4 nitrogen and oxygen atoms in total. The predicted octanol–water partition coefficient (Wildman–Crippen LogP) is 4.04. The van der Waals surface area contributed by atoms with Crippen molar-refractivity contribution in [3.05, 3.63) is 59.7 Å². The normalized spacial score (nSPS) is 11.0. The first-order valence-electron chi connectivity index (χ1n) is 6.75. The summed E-state index contributed by atoms with van der Waals surface area (Å²) in [4.78, 5) is 11.9. The van der Waals surface area contributed by atoms with Crippen molar-refractivity contribution >= 4 is 11.7 Å². The van der Waals surface area contributed by atoms with Gasteiger partial charge in [-0.15, -0.1) is 0 Å². The van der Waals surface area contributed by atoms with Crippen LogP contribution >= 0.6 is 0 Å². The molecule has 23 heavy (non-hydrogen) atoms. The molecule has 7 heteroatoms. The van der Waals surface area contributed by atoms with Crippen molar-refractivity contribution < 1.29 is 22.7 Å². The van der Waals surface area contributed by atoms with Crippen molar-refractivity contribution in [2.24, 2.45) is 0 Å². The quantitative estimate of drug-likeness (QED) is 0.892. The van der Waals surface area contributed by atoms with Crippen molar-refractivity contribution in [1.82, 2.24) is 5.32 Å². The SMILES string of the molecule is COc1ccccc1NC(=O)NCc1ccccc1C(F)(F)F. The molecule has 0 fully saturated rings. The number of rotatable bonds is 4. The van der Waals surface area contributed by atoms with Crippen LogP contribution in [0.4, 0.5) is 23.7 Å². The summed E-state index contributed by atoms with van der Waals surface area (Å²) < 4.78 is 43.7. The lowest BCUT2D eigenvalue weighted by molar-refractivity contribution is -0.138. The number of carbonyl (C=O) groups is 1. The number of benzene rings is 2. The van der Waals surface area contributed by atoms with Crippen LogP contribution in [0.5, 0.6) is 5.75 Å². The Hall–Kier alpha value is -2.70. The van der Waals surface area contributed by atoms with Gasteiger partial charge in [-0.2, -0.15) is 13.2 Å². The summed E-state index contributed by atoms with van der Waals surface area (Å²) in [5.41, 5.74) is -0.343. The number of hydrogen-bond donors (Lipinski definition) is 2. The molecule has 2 rings (SSSR count). The number of hydrogen-bond acceptors (Lipinski definition) is 2. The summed E-state index contributed by atoms with van der Waals surface area (Å²) in [6.07, 6.45) is -4.46. The smallest absolute Gasteiger partial charge is 0.416 e. The Labute approximate surface area is 131 Å². The number of ether oxygens (including phenoxy) is 1. The molecule has 0 heterocycles. The third-order valence-corrected chi connectivity index (χ3v) is 3.12. The van der Waals surface area contributed by atoms with E-state index in [-0.39, 0.29) is 12.1 Å². The molecule has 0 atom stereocenters. The summed E-state index contributed by atoms with van der Waals surface area (Å²) in [7, 11) is 1.46. The van der Waals surface area contributed by atoms with Crippen molar-refractivity contribution in [2.45, 2.75) is 12.7 Å². The van der Waals surface area contributed by atoms with Gasteiger partial charge in [-0.25, -0.2) is 4.79 Å². The summed E-state index contributed by atoms with van der Waals surface area (Å²) in [6, 6.07) is 11.2. The van der Waals surface area contributed by atoms with Crippen LogP contribution in [0.2, 0.25) is 0 Å². The second-order valence-corrected chi connectivity index (χ2v) is 4.66. The molecule has 0 spiro atoms. The number of anilines is 1. The van der Waals surface area contributed by atoms with Gasteiger partial charge in [0.2, 0.25) is 0 Å². The van der Waals surface area contributed by atoms with Gasteiger partial charge in [-0.05, 0) is 23.8 Å². The van der Waals surface area contributed by atoms with Crippen molar-refractivity contribution in [3.8, 4) is 5.75 Å². The second-order valence-electron chi connectivity index (χ2n) is 4.66. The number of urea groups is 1. The largest absolute Gasteiger partial charge is 0.495 e. The number of carbonyl (C=O) groups excluding carboxylic acids is 1. The van der Waals surface area contributed by atoms with Crippen molar-refractivity contribution in [3.63, 3.8) is 0 Å². The highest BCUT2D eigenvalue weighted by Crippen LogP contribution is 2.31. The Morgan fingerprint density at radius 3 is 2.43 bits per heavy atom. The summed E-state index contributed by atoms with van der Waals surface area (Å²) >= 11 is 0. The van der Waals surface area contributed by atoms with E-state index in [0.717, 1.165) is 6.07 Å². The molecule has 0 aromatic heterocycles. The monoisotopic (exact) mass is 324 g/mol. The van der Waals surface area contributed by atoms with E-state index in [0.29, 0.717) is 11.4 Å². The second kappa shape index (κ2) is 7.04. The van der Waals surface area contributed by atoms with Gasteiger partial charge in [0.15, 0.2) is 0 Å². The van der Waals surface area contributed by atoms with Gasteiger partial charge in [0, 0.05) is 6.54 Å². The molecule has 2 aromatic rings. The molecule has 0 unspecified atom stereocenters. The summed E-state index contributed by atoms with van der Waals surface area (Å²) in [5, 5.41) is 4.94. The lowest BCUT2D eigenvalue weighted by Crippen LogP contribution is -2.29. The Morgan fingerprint density at radius 1 is 1.09 bits per heavy atom. The minimum absolute atomic E-state index is 0.00447. The van der Waals surface area contributed by atoms with E-state index in [2.05, 4.69) is 10.6 Å². The molecule has 0 bridgehead atoms. The minimum Gasteiger partial charge on any atom is -0.495 e. The molecule has 0 radical (unpaired) electrons. The number of halogens is 3. The standard InChI is InChI=1S/C16H15F3N2O2/c1-23-14-9-5-4-8-13(14)21-15(22)20-10-11-6-2-3-7-12(11)16(17,18)19/h2-9H,10H2,1H3,(H2,20,21,22). The third-order valence-electron chi connectivity index (χ3n) is 3.12. The van der Waals surface area contributed by atoms with E-state index in [4.69, 9.17) is 4.74 Å². The maximum Gasteiger partial charge on any atom is 0.416 e. The minimum atomic E-state index is -4.46. The average Bonchev–Trinajstić information content (AvgIpc) is 2.53. The molecule has 0 aliphatic rings. The molecule has 2 aromatic carbocycles. The van der Waals surface area contributed by atoms with Gasteiger partial charge in [0.25, 0.3) is 0 Å². The van der Waals surface area contributed by atoms with E-state index in [1.54, 1.807) is 24.3 Å². The molecule has 0 saturated heterocycles. The highest BCUT2D eigenvalue weighted by atomic mass is 19.4. The van der Waals surface area contributed by atoms with Crippen LogP contribution in [-0.2, 0) is 12.7 Å². The van der Waals surface area contributed by atoms with Crippen LogP contribution in [0, 0.1) is 0 Å². The molecule has 0 aliphatic heterocycles. The lowest BCUT2D eigenvalue weighted by Gasteiger charge is -2.14. The molecular weight excluding hydrogens is 309 g/mol. The molecule has 0 aliphatic carbocycles. The summed E-state index contributed by atoms with van der Waals surface area (Å²) in [5.74, 6) is 0.457. The lowest BCUT2D eigenvalue weighted by atomic mass is 10.1. The third kappa shape index (κ3) is 4.38. The highest BCUT2D eigenvalue weighted by molar-refractivity contribution is 5.90. The van der Waals surface area contributed by atoms with Crippen molar-refractivity contribution in [2.75, 3.05) is 12.4 Å². The first-order chi connectivity index (χ1) is 10.9. The number of methoxy groups -OCH3 is 1. The van der Waals surface area contributed by atoms with Crippen LogP contribution in [-0.4, -0.2) is 13.1 Å². The number of nitrogens with one attached hydrogen (secondary N) is 2. The predicted molar refractivity (Wildman–Crippen MR) is 80.3 cm³/mol. The van der Waals surface area contributed by atoms with Gasteiger partial charge in [0.05, 0.1) is 18.4 Å². The maximum atomic E-state index is 12.9. The van der Waals surface area contributed by atoms with Crippen molar-refractivity contribution in [1.29, 1.82) is 0 Å². The number of para-hydroxylation sites is 2. The van der Waals surface area contributed by atoms with Crippen LogP contribution in [0.3, 0.4) is 0 Å². The fraction of sp³-hybridized carbons (Fsp3) is 0.188. The molecule has 2 amide bonds. The Kier molecular flexibility index (Phi) is 5.10. The van der Waals surface area contributed by atoms with E-state index < -0.39 is 17.8 Å². The van der Waals surface area contributed by atoms with E-state index >= 15 is 0 Å². The van der Waals surface area contributed by atoms with Crippen LogP contribution in [0.1, 0.15) is 11.1 Å². The topological polar surface area (TPSA) is 50.4 Å². The van der Waals surface area contributed by atoms with Gasteiger partial charge < -0.3 is 15.4 Å². The average molecular weight is 324 g/mol. The van der Waals surface area contributed by atoms with E-state index in [1.807, 2.05) is 0 Å². The molecule has 0 saturated carbocycles. The number of alkyl halides is 3. The zero-order valence-corrected chi connectivity index (χ0v) is 12.3. The number of amides is 2. The Morgan fingerprint density at radius 2 is 1.74 bits per heavy atom. The zero-order valence-electron chi connectivity index (χ0n) is 12.3. The Balaban J connectivity index is 2.03. The van der Waals surface area contributed by atoms with Crippen LogP contribution in [0.25, 0.3) is 0 Å². The maximum absolute atomic E-state index is 12.9. The van der Waals surface area contributed by atoms with Gasteiger partial charge >= 0.3 is 12.2 Å². The van der Waals surface area contributed by atoms with Crippen LogP contribution < -0.4 is 15.4 Å². The first kappa shape index (κ1) is 16.7. The fourth-order valence-corrected chi connectivity index (χ4v) is 2.04. The van der Waals surface area contributed by atoms with Gasteiger partial charge in [0.1, 0.15) is 5.75 Å². The molecule has 122 valence electrons. The molecular formula is C16H15F3N2O2. The zero-order chi connectivity index (χ0) is 16.9. The first-order valence-corrected chi connectivity index (χ1v) is 6.75. The Bertz CT molecular complexity index is 687. The molecule has 2 N–H and O–H groups in total. The van der Waals surface area contributed by atoms with E-state index in [1.165, 1.54) is 25.3 Å².